The quantitative estimate of drug-likeness (QED) is 0.735. The van der Waals surface area contributed by atoms with Gasteiger partial charge < -0.3 is 15.8 Å². The smallest absolute Gasteiger partial charge is 0.197 e. The zero-order chi connectivity index (χ0) is 10.6. The van der Waals surface area contributed by atoms with Crippen LogP contribution in [0.4, 0.5) is 10.8 Å². The van der Waals surface area contributed by atoms with Crippen molar-refractivity contribution in [2.24, 2.45) is 0 Å². The average molecular weight is 213 g/mol. The van der Waals surface area contributed by atoms with Crippen LogP contribution in [0.15, 0.2) is 12.2 Å². The van der Waals surface area contributed by atoms with Gasteiger partial charge >= 0.3 is 0 Å². The number of ether oxygens (including phenoxy) is 1. The van der Waals surface area contributed by atoms with E-state index < -0.39 is 0 Å². The minimum atomic E-state index is 0.445. The number of rotatable bonds is 5. The molecule has 1 aromatic rings. The normalized spacial score (nSPS) is 9.86. The second-order valence-corrected chi connectivity index (χ2v) is 3.74. The summed E-state index contributed by atoms with van der Waals surface area (Å²) in [6.45, 7) is 8.97. The summed E-state index contributed by atoms with van der Waals surface area (Å²) in [5.41, 5.74) is 6.70. The monoisotopic (exact) mass is 213 g/mol. The molecule has 1 rings (SSSR count). The van der Waals surface area contributed by atoms with E-state index in [-0.39, 0.29) is 0 Å². The van der Waals surface area contributed by atoms with Crippen LogP contribution in [0.25, 0.3) is 0 Å². The van der Waals surface area contributed by atoms with Crippen molar-refractivity contribution >= 4 is 22.4 Å². The Bertz CT molecular complexity index is 322. The molecule has 3 N–H and O–H groups in total. The summed E-state index contributed by atoms with van der Waals surface area (Å²) >= 11 is 1.31. The van der Waals surface area contributed by atoms with Crippen LogP contribution in [0.3, 0.4) is 0 Å². The summed E-state index contributed by atoms with van der Waals surface area (Å²) in [7, 11) is 0. The molecule has 0 aliphatic carbocycles. The third kappa shape index (κ3) is 2.63. The number of nitrogen functional groups attached to an aromatic ring is 1. The van der Waals surface area contributed by atoms with Gasteiger partial charge in [0.25, 0.3) is 0 Å². The van der Waals surface area contributed by atoms with Crippen molar-refractivity contribution in [3.63, 3.8) is 0 Å². The lowest BCUT2D eigenvalue weighted by Gasteiger charge is -2.06. The van der Waals surface area contributed by atoms with E-state index in [0.717, 1.165) is 10.6 Å². The van der Waals surface area contributed by atoms with Gasteiger partial charge in [0.1, 0.15) is 0 Å². The third-order valence-corrected chi connectivity index (χ3v) is 2.31. The van der Waals surface area contributed by atoms with Crippen LogP contribution in [-0.2, 0) is 0 Å². The van der Waals surface area contributed by atoms with Crippen molar-refractivity contribution in [1.82, 2.24) is 4.37 Å². The van der Waals surface area contributed by atoms with Crippen LogP contribution in [0.2, 0.25) is 0 Å². The van der Waals surface area contributed by atoms with Gasteiger partial charge in [0, 0.05) is 6.54 Å². The van der Waals surface area contributed by atoms with Crippen molar-refractivity contribution in [1.29, 1.82) is 0 Å². The molecular formula is C9H15N3OS. The highest BCUT2D eigenvalue weighted by molar-refractivity contribution is 7.11. The fraction of sp³-hybridized carbons (Fsp3) is 0.444. The number of nitrogens with zero attached hydrogens (tertiary/aromatic N) is 1. The van der Waals surface area contributed by atoms with Gasteiger partial charge in [-0.2, -0.15) is 4.37 Å². The van der Waals surface area contributed by atoms with Gasteiger partial charge in [-0.15, -0.1) is 0 Å². The van der Waals surface area contributed by atoms with Gasteiger partial charge in [-0.25, -0.2) is 0 Å². The fourth-order valence-electron chi connectivity index (χ4n) is 0.922. The molecule has 1 aromatic heterocycles. The first kappa shape index (κ1) is 10.8. The van der Waals surface area contributed by atoms with Crippen molar-refractivity contribution in [2.75, 3.05) is 24.2 Å². The van der Waals surface area contributed by atoms with Gasteiger partial charge in [-0.3, -0.25) is 0 Å². The van der Waals surface area contributed by atoms with Gasteiger partial charge in [0.05, 0.1) is 6.61 Å². The molecule has 78 valence electrons. The van der Waals surface area contributed by atoms with E-state index in [1.54, 1.807) is 0 Å². The first-order valence-corrected chi connectivity index (χ1v) is 5.18. The van der Waals surface area contributed by atoms with Crippen molar-refractivity contribution in [3.05, 3.63) is 12.2 Å². The molecule has 0 unspecified atom stereocenters. The van der Waals surface area contributed by atoms with Crippen molar-refractivity contribution in [3.8, 4) is 5.75 Å². The lowest BCUT2D eigenvalue weighted by molar-refractivity contribution is 0.344. The average Bonchev–Trinajstić information content (AvgIpc) is 2.46. The topological polar surface area (TPSA) is 60.2 Å². The second-order valence-electron chi connectivity index (χ2n) is 2.97. The molecular weight excluding hydrogens is 198 g/mol. The Morgan fingerprint density at radius 3 is 3.00 bits per heavy atom. The third-order valence-electron chi connectivity index (χ3n) is 1.51. The van der Waals surface area contributed by atoms with Gasteiger partial charge in [-0.1, -0.05) is 12.2 Å². The first-order chi connectivity index (χ1) is 6.65. The Hall–Kier alpha value is -1.23. The fourth-order valence-corrected chi connectivity index (χ4v) is 1.58. The van der Waals surface area contributed by atoms with Crippen molar-refractivity contribution < 1.29 is 4.74 Å². The molecule has 0 aliphatic rings. The maximum atomic E-state index is 5.65. The molecule has 0 spiro atoms. The summed E-state index contributed by atoms with van der Waals surface area (Å²) in [6.07, 6.45) is 0. The summed E-state index contributed by atoms with van der Waals surface area (Å²) in [5, 5.41) is 4.04. The molecule has 5 heteroatoms. The van der Waals surface area contributed by atoms with Gasteiger partial charge in [0.15, 0.2) is 16.6 Å². The summed E-state index contributed by atoms with van der Waals surface area (Å²) in [5.74, 6) is 1.10. The number of aromatic nitrogens is 1. The standard InChI is InChI=1S/C9H15N3OS/c1-4-13-7-8(10)12-14-9(7)11-5-6(2)3/h11H,2,4-5H2,1,3H3,(H2,10,12). The minimum absolute atomic E-state index is 0.445. The Morgan fingerprint density at radius 2 is 2.43 bits per heavy atom. The first-order valence-electron chi connectivity index (χ1n) is 4.41. The van der Waals surface area contributed by atoms with E-state index in [0.29, 0.717) is 24.7 Å². The molecule has 1 heterocycles. The number of hydrogen-bond donors (Lipinski definition) is 2. The van der Waals surface area contributed by atoms with Crippen molar-refractivity contribution in [2.45, 2.75) is 13.8 Å². The molecule has 14 heavy (non-hydrogen) atoms. The Kier molecular flexibility index (Phi) is 3.76. The van der Waals surface area contributed by atoms with Crippen LogP contribution >= 0.6 is 11.5 Å². The van der Waals surface area contributed by atoms with Crippen LogP contribution < -0.4 is 15.8 Å². The highest BCUT2D eigenvalue weighted by Gasteiger charge is 2.11. The summed E-state index contributed by atoms with van der Waals surface area (Å²) < 4.78 is 9.39. The van der Waals surface area contributed by atoms with Gasteiger partial charge in [-0.05, 0) is 25.4 Å². The van der Waals surface area contributed by atoms with E-state index in [1.807, 2.05) is 13.8 Å². The largest absolute Gasteiger partial charge is 0.487 e. The number of hydrogen-bond acceptors (Lipinski definition) is 5. The Morgan fingerprint density at radius 1 is 1.71 bits per heavy atom. The van der Waals surface area contributed by atoms with Crippen LogP contribution in [-0.4, -0.2) is 17.5 Å². The highest BCUT2D eigenvalue weighted by atomic mass is 32.1. The molecule has 0 aromatic carbocycles. The molecule has 0 atom stereocenters. The van der Waals surface area contributed by atoms with E-state index in [9.17, 15) is 0 Å². The molecule has 0 saturated heterocycles. The lowest BCUT2D eigenvalue weighted by atomic mass is 10.3. The van der Waals surface area contributed by atoms with Crippen LogP contribution in [0, 0.1) is 0 Å². The number of nitrogens with two attached hydrogens (primary N) is 1. The minimum Gasteiger partial charge on any atom is -0.487 e. The number of anilines is 2. The Balaban J connectivity index is 2.70. The molecule has 0 aliphatic heterocycles. The molecule has 0 fully saturated rings. The maximum Gasteiger partial charge on any atom is 0.197 e. The predicted octanol–water partition coefficient (Wildman–Crippen LogP) is 2.11. The SMILES string of the molecule is C=C(C)CNc1snc(N)c1OCC. The second kappa shape index (κ2) is 4.85. The van der Waals surface area contributed by atoms with Crippen LogP contribution in [0.5, 0.6) is 5.75 Å². The van der Waals surface area contributed by atoms with Crippen LogP contribution in [0.1, 0.15) is 13.8 Å². The summed E-state index contributed by atoms with van der Waals surface area (Å²) in [6, 6.07) is 0. The van der Waals surface area contributed by atoms with E-state index in [1.165, 1.54) is 11.5 Å². The lowest BCUT2D eigenvalue weighted by Crippen LogP contribution is -2.03. The molecule has 0 amide bonds. The molecule has 0 saturated carbocycles. The van der Waals surface area contributed by atoms with E-state index in [4.69, 9.17) is 10.5 Å². The zero-order valence-electron chi connectivity index (χ0n) is 8.46. The van der Waals surface area contributed by atoms with E-state index in [2.05, 4.69) is 16.3 Å². The highest BCUT2D eigenvalue weighted by Crippen LogP contribution is 2.34. The predicted molar refractivity (Wildman–Crippen MR) is 61.0 cm³/mol. The Labute approximate surface area is 87.9 Å². The molecule has 4 nitrogen and oxygen atoms in total. The van der Waals surface area contributed by atoms with E-state index >= 15 is 0 Å². The molecule has 0 bridgehead atoms. The summed E-state index contributed by atoms with van der Waals surface area (Å²) in [4.78, 5) is 0. The zero-order valence-corrected chi connectivity index (χ0v) is 9.28. The molecule has 0 radical (unpaired) electrons. The van der Waals surface area contributed by atoms with Gasteiger partial charge in [0.2, 0.25) is 0 Å². The number of nitrogens with one attached hydrogen (secondary N) is 1. The maximum absolute atomic E-state index is 5.65.